The first-order valence-electron chi connectivity index (χ1n) is 4.93. The minimum Gasteiger partial charge on any atom is -0.389 e. The van der Waals surface area contributed by atoms with E-state index in [0.717, 1.165) is 5.69 Å². The zero-order valence-electron chi connectivity index (χ0n) is 8.96. The Morgan fingerprint density at radius 3 is 2.69 bits per heavy atom. The van der Waals surface area contributed by atoms with Gasteiger partial charge in [0.15, 0.2) is 0 Å². The number of halogens is 2. The number of aliphatic hydroxyl groups is 1. The van der Waals surface area contributed by atoms with Gasteiger partial charge in [-0.15, -0.1) is 0 Å². The number of aryl methyl sites for hydroxylation is 1. The molecule has 1 atom stereocenters. The molecule has 0 saturated heterocycles. The number of pyridine rings is 1. The van der Waals surface area contributed by atoms with Gasteiger partial charge in [-0.05, 0) is 32.0 Å². The minimum absolute atomic E-state index is 0.420. The van der Waals surface area contributed by atoms with Crippen molar-refractivity contribution in [1.29, 1.82) is 0 Å². The Morgan fingerprint density at radius 1 is 1.38 bits per heavy atom. The minimum atomic E-state index is -0.774. The van der Waals surface area contributed by atoms with E-state index in [9.17, 15) is 9.50 Å². The van der Waals surface area contributed by atoms with Crippen LogP contribution in [0.4, 0.5) is 4.39 Å². The van der Waals surface area contributed by atoms with Gasteiger partial charge in [-0.25, -0.2) is 4.39 Å². The summed E-state index contributed by atoms with van der Waals surface area (Å²) in [6.45, 7) is 3.38. The molecule has 0 aliphatic carbocycles. The van der Waals surface area contributed by atoms with Gasteiger partial charge in [0.2, 0.25) is 0 Å². The van der Waals surface area contributed by atoms with Crippen LogP contribution in [0.15, 0.2) is 18.2 Å². The molecule has 0 amide bonds. The third-order valence-corrected chi connectivity index (χ3v) is 2.75. The lowest BCUT2D eigenvalue weighted by atomic mass is 10.0. The zero-order valence-corrected chi connectivity index (χ0v) is 9.72. The van der Waals surface area contributed by atoms with Gasteiger partial charge in [-0.2, -0.15) is 0 Å². The SMILES string of the molecule is Cc1cc(Cl)c2cc(F)cc(C(C)O)c2n1. The molecule has 2 nitrogen and oxygen atoms in total. The molecule has 4 heteroatoms. The van der Waals surface area contributed by atoms with Gasteiger partial charge in [0.05, 0.1) is 16.6 Å². The van der Waals surface area contributed by atoms with Crippen molar-refractivity contribution in [2.45, 2.75) is 20.0 Å². The lowest BCUT2D eigenvalue weighted by Gasteiger charge is -2.10. The maximum Gasteiger partial charge on any atom is 0.124 e. The molecule has 1 aromatic carbocycles. The van der Waals surface area contributed by atoms with Crippen molar-refractivity contribution in [3.8, 4) is 0 Å². The van der Waals surface area contributed by atoms with Gasteiger partial charge in [0, 0.05) is 16.6 Å². The van der Waals surface area contributed by atoms with E-state index in [0.29, 0.717) is 21.5 Å². The number of benzene rings is 1. The molecule has 0 saturated carbocycles. The van der Waals surface area contributed by atoms with Crippen molar-refractivity contribution >= 4 is 22.5 Å². The summed E-state index contributed by atoms with van der Waals surface area (Å²) in [5.74, 6) is -0.420. The first kappa shape index (κ1) is 11.3. The van der Waals surface area contributed by atoms with Crippen LogP contribution in [0.1, 0.15) is 24.3 Å². The monoisotopic (exact) mass is 239 g/mol. The molecule has 2 aromatic rings. The lowest BCUT2D eigenvalue weighted by molar-refractivity contribution is 0.200. The predicted molar refractivity (Wildman–Crippen MR) is 62.1 cm³/mol. The summed E-state index contributed by atoms with van der Waals surface area (Å²) >= 11 is 6.02. The quantitative estimate of drug-likeness (QED) is 0.828. The number of hydrogen-bond donors (Lipinski definition) is 1. The molecular formula is C12H11ClFNO. The molecule has 1 aromatic heterocycles. The van der Waals surface area contributed by atoms with Crippen LogP contribution in [0.5, 0.6) is 0 Å². The smallest absolute Gasteiger partial charge is 0.124 e. The molecular weight excluding hydrogens is 229 g/mol. The molecule has 0 bridgehead atoms. The number of nitrogens with zero attached hydrogens (tertiary/aromatic N) is 1. The van der Waals surface area contributed by atoms with Crippen molar-refractivity contribution in [2.75, 3.05) is 0 Å². The van der Waals surface area contributed by atoms with Crippen molar-refractivity contribution in [3.05, 3.63) is 40.3 Å². The summed E-state index contributed by atoms with van der Waals surface area (Å²) in [6, 6.07) is 4.29. The van der Waals surface area contributed by atoms with Crippen molar-refractivity contribution in [1.82, 2.24) is 4.98 Å². The Kier molecular flexibility index (Phi) is 2.82. The van der Waals surface area contributed by atoms with E-state index in [1.54, 1.807) is 19.9 Å². The van der Waals surface area contributed by atoms with E-state index in [1.165, 1.54) is 12.1 Å². The average molecular weight is 240 g/mol. The highest BCUT2D eigenvalue weighted by Crippen LogP contribution is 2.29. The first-order valence-corrected chi connectivity index (χ1v) is 5.31. The van der Waals surface area contributed by atoms with Crippen LogP contribution in [0.25, 0.3) is 10.9 Å². The van der Waals surface area contributed by atoms with Crippen LogP contribution < -0.4 is 0 Å². The third kappa shape index (κ3) is 1.88. The maximum absolute atomic E-state index is 13.3. The van der Waals surface area contributed by atoms with E-state index in [1.807, 2.05) is 0 Å². The fourth-order valence-electron chi connectivity index (χ4n) is 1.72. The maximum atomic E-state index is 13.3. The van der Waals surface area contributed by atoms with E-state index in [-0.39, 0.29) is 0 Å². The van der Waals surface area contributed by atoms with Crippen LogP contribution in [0.2, 0.25) is 5.02 Å². The zero-order chi connectivity index (χ0) is 11.9. The highest BCUT2D eigenvalue weighted by Gasteiger charge is 2.12. The second kappa shape index (κ2) is 4.00. The normalized spacial score (nSPS) is 13.1. The fourth-order valence-corrected chi connectivity index (χ4v) is 2.02. The summed E-state index contributed by atoms with van der Waals surface area (Å²) in [6.07, 6.45) is -0.774. The van der Waals surface area contributed by atoms with E-state index in [2.05, 4.69) is 4.98 Å². The van der Waals surface area contributed by atoms with Crippen LogP contribution in [-0.4, -0.2) is 10.1 Å². The second-order valence-corrected chi connectivity index (χ2v) is 4.22. The molecule has 84 valence electrons. The van der Waals surface area contributed by atoms with E-state index >= 15 is 0 Å². The topological polar surface area (TPSA) is 33.1 Å². The molecule has 16 heavy (non-hydrogen) atoms. The average Bonchev–Trinajstić information content (AvgIpc) is 2.18. The Morgan fingerprint density at radius 2 is 2.06 bits per heavy atom. The summed E-state index contributed by atoms with van der Waals surface area (Å²) in [5.41, 5.74) is 1.76. The Bertz CT molecular complexity index is 554. The Hall–Kier alpha value is -1.19. The van der Waals surface area contributed by atoms with Gasteiger partial charge in [-0.3, -0.25) is 4.98 Å². The molecule has 0 fully saturated rings. The van der Waals surface area contributed by atoms with Gasteiger partial charge in [0.25, 0.3) is 0 Å². The molecule has 0 aliphatic heterocycles. The summed E-state index contributed by atoms with van der Waals surface area (Å²) in [5, 5.41) is 10.6. The standard InChI is InChI=1S/C12H11ClFNO/c1-6-3-11(13)10-5-8(14)4-9(7(2)16)12(10)15-6/h3-5,7,16H,1-2H3. The highest BCUT2D eigenvalue weighted by molar-refractivity contribution is 6.35. The molecule has 1 heterocycles. The van der Waals surface area contributed by atoms with Crippen molar-refractivity contribution in [2.24, 2.45) is 0 Å². The predicted octanol–water partition coefficient (Wildman–Crippen LogP) is 3.39. The van der Waals surface area contributed by atoms with Crippen molar-refractivity contribution in [3.63, 3.8) is 0 Å². The number of hydrogen-bond acceptors (Lipinski definition) is 2. The second-order valence-electron chi connectivity index (χ2n) is 3.81. The number of aromatic nitrogens is 1. The number of rotatable bonds is 1. The van der Waals surface area contributed by atoms with Gasteiger partial charge in [-0.1, -0.05) is 11.6 Å². The number of aliphatic hydroxyl groups excluding tert-OH is 1. The van der Waals surface area contributed by atoms with Gasteiger partial charge >= 0.3 is 0 Å². The van der Waals surface area contributed by atoms with Crippen LogP contribution in [-0.2, 0) is 0 Å². The molecule has 0 radical (unpaired) electrons. The lowest BCUT2D eigenvalue weighted by Crippen LogP contribution is -1.97. The first-order chi connectivity index (χ1) is 7.49. The van der Waals surface area contributed by atoms with Crippen LogP contribution in [0.3, 0.4) is 0 Å². The highest BCUT2D eigenvalue weighted by atomic mass is 35.5. The molecule has 1 unspecified atom stereocenters. The fraction of sp³-hybridized carbons (Fsp3) is 0.250. The van der Waals surface area contributed by atoms with E-state index in [4.69, 9.17) is 11.6 Å². The van der Waals surface area contributed by atoms with E-state index < -0.39 is 11.9 Å². The summed E-state index contributed by atoms with van der Waals surface area (Å²) in [7, 11) is 0. The van der Waals surface area contributed by atoms with Crippen LogP contribution in [0, 0.1) is 12.7 Å². The molecule has 0 aliphatic rings. The molecule has 0 spiro atoms. The van der Waals surface area contributed by atoms with Gasteiger partial charge < -0.3 is 5.11 Å². The molecule has 2 rings (SSSR count). The largest absolute Gasteiger partial charge is 0.389 e. The van der Waals surface area contributed by atoms with Gasteiger partial charge in [0.1, 0.15) is 5.82 Å². The Labute approximate surface area is 97.7 Å². The molecule has 1 N–H and O–H groups in total. The number of fused-ring (bicyclic) bond motifs is 1. The third-order valence-electron chi connectivity index (χ3n) is 2.44. The van der Waals surface area contributed by atoms with Crippen LogP contribution >= 0.6 is 11.6 Å². The Balaban J connectivity index is 2.89. The van der Waals surface area contributed by atoms with Crippen molar-refractivity contribution < 1.29 is 9.50 Å². The summed E-state index contributed by atoms with van der Waals surface area (Å²) in [4.78, 5) is 4.29. The summed E-state index contributed by atoms with van der Waals surface area (Å²) < 4.78 is 13.3.